The van der Waals surface area contributed by atoms with Gasteiger partial charge in [-0.3, -0.25) is 0 Å². The highest BCUT2D eigenvalue weighted by Gasteiger charge is 2.05. The molecule has 0 atom stereocenters. The van der Waals surface area contributed by atoms with E-state index in [1.54, 1.807) is 11.8 Å². The quantitative estimate of drug-likeness (QED) is 0.635. The molecule has 88 valence electrons. The van der Waals surface area contributed by atoms with Crippen LogP contribution in [0.4, 0.5) is 5.69 Å². The standard InChI is InChI=1S/C13H11BrClNS/c14-10-4-1-3-9(7-10)8-17-13-11(15)5-2-6-12(13)16/h1-7H,8,16H2. The summed E-state index contributed by atoms with van der Waals surface area (Å²) in [6.07, 6.45) is 0. The number of nitrogen functional groups attached to an aromatic ring is 1. The first-order chi connectivity index (χ1) is 8.16. The van der Waals surface area contributed by atoms with Crippen LogP contribution >= 0.6 is 39.3 Å². The molecule has 0 aliphatic carbocycles. The topological polar surface area (TPSA) is 26.0 Å². The van der Waals surface area contributed by atoms with Gasteiger partial charge in [0.1, 0.15) is 0 Å². The van der Waals surface area contributed by atoms with Gasteiger partial charge in [0.05, 0.1) is 5.02 Å². The average Bonchev–Trinajstić information content (AvgIpc) is 2.28. The zero-order valence-electron chi connectivity index (χ0n) is 8.99. The molecule has 2 aromatic rings. The largest absolute Gasteiger partial charge is 0.398 e. The Morgan fingerprint density at radius 1 is 1.18 bits per heavy atom. The molecule has 17 heavy (non-hydrogen) atoms. The summed E-state index contributed by atoms with van der Waals surface area (Å²) in [4.78, 5) is 0.953. The molecule has 4 heteroatoms. The highest BCUT2D eigenvalue weighted by molar-refractivity contribution is 9.10. The molecular weight excluding hydrogens is 318 g/mol. The summed E-state index contributed by atoms with van der Waals surface area (Å²) >= 11 is 11.2. The monoisotopic (exact) mass is 327 g/mol. The van der Waals surface area contributed by atoms with E-state index < -0.39 is 0 Å². The lowest BCUT2D eigenvalue weighted by molar-refractivity contribution is 1.37. The minimum absolute atomic E-state index is 0.713. The van der Waals surface area contributed by atoms with Crippen LogP contribution in [0.3, 0.4) is 0 Å². The highest BCUT2D eigenvalue weighted by Crippen LogP contribution is 2.34. The van der Waals surface area contributed by atoms with E-state index in [2.05, 4.69) is 28.1 Å². The molecule has 0 spiro atoms. The van der Waals surface area contributed by atoms with E-state index in [0.29, 0.717) is 5.02 Å². The summed E-state index contributed by atoms with van der Waals surface area (Å²) in [7, 11) is 0. The molecule has 0 unspecified atom stereocenters. The Morgan fingerprint density at radius 2 is 1.94 bits per heavy atom. The van der Waals surface area contributed by atoms with Gasteiger partial charge in [0.2, 0.25) is 0 Å². The molecule has 1 nitrogen and oxygen atoms in total. The number of halogens is 2. The molecule has 0 bridgehead atoms. The number of hydrogen-bond acceptors (Lipinski definition) is 2. The minimum Gasteiger partial charge on any atom is -0.398 e. The van der Waals surface area contributed by atoms with Gasteiger partial charge in [-0.2, -0.15) is 0 Å². The van der Waals surface area contributed by atoms with E-state index in [1.807, 2.05) is 30.3 Å². The van der Waals surface area contributed by atoms with Crippen LogP contribution in [0.25, 0.3) is 0 Å². The zero-order chi connectivity index (χ0) is 12.3. The first kappa shape index (κ1) is 12.8. The summed E-state index contributed by atoms with van der Waals surface area (Å²) in [5.41, 5.74) is 7.87. The lowest BCUT2D eigenvalue weighted by Crippen LogP contribution is -1.89. The van der Waals surface area contributed by atoms with Crippen LogP contribution in [0.1, 0.15) is 5.56 Å². The van der Waals surface area contributed by atoms with Gasteiger partial charge in [-0.05, 0) is 29.8 Å². The van der Waals surface area contributed by atoms with Crippen LogP contribution < -0.4 is 5.73 Å². The second-order valence-electron chi connectivity index (χ2n) is 3.58. The number of nitrogens with two attached hydrogens (primary N) is 1. The SMILES string of the molecule is Nc1cccc(Cl)c1SCc1cccc(Br)c1. The van der Waals surface area contributed by atoms with E-state index in [0.717, 1.165) is 20.8 Å². The van der Waals surface area contributed by atoms with Crippen molar-refractivity contribution in [2.75, 3.05) is 5.73 Å². The molecule has 0 saturated heterocycles. The first-order valence-corrected chi connectivity index (χ1v) is 7.23. The molecule has 0 heterocycles. The number of benzene rings is 2. The van der Waals surface area contributed by atoms with Crippen molar-refractivity contribution in [3.63, 3.8) is 0 Å². The normalized spacial score (nSPS) is 10.5. The van der Waals surface area contributed by atoms with Crippen molar-refractivity contribution in [1.82, 2.24) is 0 Å². The second-order valence-corrected chi connectivity index (χ2v) is 5.89. The molecule has 0 aromatic heterocycles. The van der Waals surface area contributed by atoms with Crippen LogP contribution in [-0.4, -0.2) is 0 Å². The van der Waals surface area contributed by atoms with Crippen molar-refractivity contribution >= 4 is 45.0 Å². The number of rotatable bonds is 3. The Kier molecular flexibility index (Phi) is 4.37. The fourth-order valence-electron chi connectivity index (χ4n) is 1.46. The van der Waals surface area contributed by atoms with Crippen molar-refractivity contribution in [1.29, 1.82) is 0 Å². The molecule has 2 rings (SSSR count). The van der Waals surface area contributed by atoms with E-state index in [9.17, 15) is 0 Å². The van der Waals surface area contributed by atoms with Gasteiger partial charge >= 0.3 is 0 Å². The smallest absolute Gasteiger partial charge is 0.0562 e. The third-order valence-electron chi connectivity index (χ3n) is 2.27. The Hall–Kier alpha value is -0.640. The van der Waals surface area contributed by atoms with E-state index in [-0.39, 0.29) is 0 Å². The Balaban J connectivity index is 2.13. The summed E-state index contributed by atoms with van der Waals surface area (Å²) in [6.45, 7) is 0. The zero-order valence-corrected chi connectivity index (χ0v) is 12.1. The van der Waals surface area contributed by atoms with Crippen molar-refractivity contribution in [3.05, 3.63) is 57.5 Å². The van der Waals surface area contributed by atoms with Crippen molar-refractivity contribution in [3.8, 4) is 0 Å². The van der Waals surface area contributed by atoms with Gasteiger partial charge < -0.3 is 5.73 Å². The van der Waals surface area contributed by atoms with E-state index in [4.69, 9.17) is 17.3 Å². The van der Waals surface area contributed by atoms with Crippen LogP contribution in [0, 0.1) is 0 Å². The van der Waals surface area contributed by atoms with Crippen LogP contribution in [-0.2, 0) is 5.75 Å². The highest BCUT2D eigenvalue weighted by atomic mass is 79.9. The summed E-state index contributed by atoms with van der Waals surface area (Å²) < 4.78 is 1.09. The van der Waals surface area contributed by atoms with E-state index >= 15 is 0 Å². The van der Waals surface area contributed by atoms with Crippen molar-refractivity contribution < 1.29 is 0 Å². The van der Waals surface area contributed by atoms with E-state index in [1.165, 1.54) is 5.56 Å². The van der Waals surface area contributed by atoms with Gasteiger partial charge in [0.25, 0.3) is 0 Å². The predicted molar refractivity (Wildman–Crippen MR) is 79.6 cm³/mol. The third-order valence-corrected chi connectivity index (χ3v) is 4.41. The molecule has 0 fully saturated rings. The fraction of sp³-hybridized carbons (Fsp3) is 0.0769. The number of hydrogen-bond donors (Lipinski definition) is 1. The van der Waals surface area contributed by atoms with Crippen LogP contribution in [0.15, 0.2) is 51.8 Å². The summed E-state index contributed by atoms with van der Waals surface area (Å²) in [5, 5.41) is 0.713. The molecular formula is C13H11BrClNS. The van der Waals surface area contributed by atoms with Crippen molar-refractivity contribution in [2.45, 2.75) is 10.6 Å². The average molecular weight is 329 g/mol. The van der Waals surface area contributed by atoms with Gasteiger partial charge in [0, 0.05) is 20.8 Å². The molecule has 0 amide bonds. The number of anilines is 1. The lowest BCUT2D eigenvalue weighted by atomic mass is 10.2. The first-order valence-electron chi connectivity index (χ1n) is 5.08. The predicted octanol–water partition coefficient (Wildman–Crippen LogP) is 4.98. The fourth-order valence-corrected chi connectivity index (χ4v) is 3.18. The van der Waals surface area contributed by atoms with Gasteiger partial charge in [0.15, 0.2) is 0 Å². The van der Waals surface area contributed by atoms with Crippen LogP contribution in [0.2, 0.25) is 5.02 Å². The number of thioether (sulfide) groups is 1. The molecule has 0 aliphatic rings. The Bertz CT molecular complexity index is 510. The summed E-state index contributed by atoms with van der Waals surface area (Å²) in [5.74, 6) is 0.855. The summed E-state index contributed by atoms with van der Waals surface area (Å²) in [6, 6.07) is 13.8. The Labute approximate surface area is 118 Å². The van der Waals surface area contributed by atoms with Gasteiger partial charge in [-0.1, -0.05) is 45.7 Å². The van der Waals surface area contributed by atoms with Gasteiger partial charge in [-0.15, -0.1) is 11.8 Å². The molecule has 2 aromatic carbocycles. The minimum atomic E-state index is 0.713. The molecule has 0 radical (unpaired) electrons. The maximum Gasteiger partial charge on any atom is 0.0562 e. The Morgan fingerprint density at radius 3 is 2.65 bits per heavy atom. The second kappa shape index (κ2) is 5.80. The van der Waals surface area contributed by atoms with Crippen LogP contribution in [0.5, 0.6) is 0 Å². The third kappa shape index (κ3) is 3.41. The lowest BCUT2D eigenvalue weighted by Gasteiger charge is -2.07. The molecule has 0 saturated carbocycles. The molecule has 0 aliphatic heterocycles. The molecule has 2 N–H and O–H groups in total. The van der Waals surface area contributed by atoms with Crippen molar-refractivity contribution in [2.24, 2.45) is 0 Å². The maximum absolute atomic E-state index is 6.12. The van der Waals surface area contributed by atoms with Gasteiger partial charge in [-0.25, -0.2) is 0 Å². The maximum atomic E-state index is 6.12.